The summed E-state index contributed by atoms with van der Waals surface area (Å²) in [5, 5.41) is 3.73. The highest BCUT2D eigenvalue weighted by Gasteiger charge is 2.35. The van der Waals surface area contributed by atoms with E-state index in [1.807, 2.05) is 0 Å². The Morgan fingerprint density at radius 2 is 1.86 bits per heavy atom. The van der Waals surface area contributed by atoms with Gasteiger partial charge in [-0.1, -0.05) is 0 Å². The fraction of sp³-hybridized carbons (Fsp3) is 0.857. The van der Waals surface area contributed by atoms with Crippen molar-refractivity contribution in [2.24, 2.45) is 5.41 Å². The van der Waals surface area contributed by atoms with Gasteiger partial charge in [-0.25, -0.2) is 0 Å². The van der Waals surface area contributed by atoms with Gasteiger partial charge in [0.05, 0.1) is 18.6 Å². The molecule has 2 aliphatic heterocycles. The van der Waals surface area contributed by atoms with Crippen LogP contribution in [0.25, 0.3) is 0 Å². The van der Waals surface area contributed by atoms with Gasteiger partial charge in [0.2, 0.25) is 6.29 Å². The largest absolute Gasteiger partial charge is 0.430 e. The number of esters is 1. The standard InChI is InChI=1S/C14H24N2O4S/c1-14(2,3)12(17)20-11-10(18-8-9-19-11)15-13(21)16-6-4-5-7-16/h10-11H,4-9H2,1-3H3,(H,15,21). The van der Waals surface area contributed by atoms with Gasteiger partial charge in [-0.05, 0) is 45.8 Å². The summed E-state index contributed by atoms with van der Waals surface area (Å²) < 4.78 is 16.5. The molecule has 6 nitrogen and oxygen atoms in total. The summed E-state index contributed by atoms with van der Waals surface area (Å²) in [5.74, 6) is -0.322. The van der Waals surface area contributed by atoms with Crippen LogP contribution in [0.4, 0.5) is 0 Å². The summed E-state index contributed by atoms with van der Waals surface area (Å²) in [6, 6.07) is 0. The zero-order valence-corrected chi connectivity index (χ0v) is 13.7. The predicted octanol–water partition coefficient (Wildman–Crippen LogP) is 1.24. The molecule has 7 heteroatoms. The Hall–Kier alpha value is -0.920. The first-order valence-corrected chi connectivity index (χ1v) is 7.78. The Kier molecular flexibility index (Phi) is 5.40. The third-order valence-corrected chi connectivity index (χ3v) is 3.78. The van der Waals surface area contributed by atoms with Crippen LogP contribution in [0.3, 0.4) is 0 Å². The molecule has 2 saturated heterocycles. The first-order valence-electron chi connectivity index (χ1n) is 7.37. The number of thiocarbonyl (C=S) groups is 1. The molecule has 0 amide bonds. The molecule has 0 aliphatic carbocycles. The van der Waals surface area contributed by atoms with Crippen LogP contribution in [0.5, 0.6) is 0 Å². The lowest BCUT2D eigenvalue weighted by Gasteiger charge is -2.34. The lowest BCUT2D eigenvalue weighted by atomic mass is 9.97. The molecule has 0 radical (unpaired) electrons. The SMILES string of the molecule is CC(C)(C)C(=O)OC1OCCOC1NC(=S)N1CCCC1. The zero-order chi connectivity index (χ0) is 15.5. The summed E-state index contributed by atoms with van der Waals surface area (Å²) in [6.07, 6.45) is 0.961. The summed E-state index contributed by atoms with van der Waals surface area (Å²) in [6.45, 7) is 8.15. The number of carbonyl (C=O) groups is 1. The Balaban J connectivity index is 1.92. The van der Waals surface area contributed by atoms with E-state index in [4.69, 9.17) is 26.4 Å². The van der Waals surface area contributed by atoms with Gasteiger partial charge in [0, 0.05) is 13.1 Å². The maximum Gasteiger partial charge on any atom is 0.313 e. The Bertz CT molecular complexity index is 391. The van der Waals surface area contributed by atoms with E-state index in [9.17, 15) is 4.79 Å². The van der Waals surface area contributed by atoms with Crippen LogP contribution >= 0.6 is 12.2 Å². The van der Waals surface area contributed by atoms with Crippen LogP contribution in [0.2, 0.25) is 0 Å². The van der Waals surface area contributed by atoms with Crippen LogP contribution in [0, 0.1) is 5.41 Å². The number of rotatable bonds is 2. The van der Waals surface area contributed by atoms with E-state index in [0.717, 1.165) is 25.9 Å². The molecule has 21 heavy (non-hydrogen) atoms. The van der Waals surface area contributed by atoms with Crippen molar-refractivity contribution in [3.63, 3.8) is 0 Å². The third kappa shape index (κ3) is 4.52. The van der Waals surface area contributed by atoms with Gasteiger partial charge in [-0.2, -0.15) is 0 Å². The van der Waals surface area contributed by atoms with Crippen LogP contribution in [0.15, 0.2) is 0 Å². The van der Waals surface area contributed by atoms with Gasteiger partial charge < -0.3 is 24.4 Å². The van der Waals surface area contributed by atoms with Crippen LogP contribution in [-0.4, -0.2) is 54.8 Å². The molecule has 2 heterocycles. The molecular formula is C14H24N2O4S. The first-order chi connectivity index (χ1) is 9.88. The Morgan fingerprint density at radius 1 is 1.24 bits per heavy atom. The number of hydrogen-bond acceptors (Lipinski definition) is 5. The molecule has 2 unspecified atom stereocenters. The minimum absolute atomic E-state index is 0.322. The molecule has 0 aromatic carbocycles. The van der Waals surface area contributed by atoms with E-state index in [2.05, 4.69) is 10.2 Å². The molecule has 2 atom stereocenters. The van der Waals surface area contributed by atoms with E-state index in [1.165, 1.54) is 0 Å². The molecule has 0 saturated carbocycles. The smallest absolute Gasteiger partial charge is 0.313 e. The van der Waals surface area contributed by atoms with Gasteiger partial charge in [-0.3, -0.25) is 4.79 Å². The molecular weight excluding hydrogens is 292 g/mol. The molecule has 0 aromatic rings. The zero-order valence-electron chi connectivity index (χ0n) is 12.9. The fourth-order valence-electron chi connectivity index (χ4n) is 2.13. The molecule has 2 aliphatic rings. The van der Waals surface area contributed by atoms with Gasteiger partial charge >= 0.3 is 5.97 Å². The Morgan fingerprint density at radius 3 is 2.48 bits per heavy atom. The normalized spacial score (nSPS) is 26.5. The fourth-order valence-corrected chi connectivity index (χ4v) is 2.43. The van der Waals surface area contributed by atoms with Crippen molar-refractivity contribution in [3.05, 3.63) is 0 Å². The van der Waals surface area contributed by atoms with Crippen molar-refractivity contribution >= 4 is 23.3 Å². The molecule has 2 rings (SSSR count). The highest BCUT2D eigenvalue weighted by atomic mass is 32.1. The number of ether oxygens (including phenoxy) is 3. The summed E-state index contributed by atoms with van der Waals surface area (Å²) >= 11 is 5.37. The van der Waals surface area contributed by atoms with Gasteiger partial charge in [-0.15, -0.1) is 0 Å². The van der Waals surface area contributed by atoms with Crippen molar-refractivity contribution < 1.29 is 19.0 Å². The van der Waals surface area contributed by atoms with Crippen molar-refractivity contribution in [3.8, 4) is 0 Å². The number of hydrogen-bond donors (Lipinski definition) is 1. The molecule has 1 N–H and O–H groups in total. The summed E-state index contributed by atoms with van der Waals surface area (Å²) in [7, 11) is 0. The minimum atomic E-state index is -0.772. The lowest BCUT2D eigenvalue weighted by Crippen LogP contribution is -2.55. The maximum absolute atomic E-state index is 12.0. The number of likely N-dealkylation sites (tertiary alicyclic amines) is 1. The summed E-state index contributed by atoms with van der Waals surface area (Å²) in [4.78, 5) is 14.1. The predicted molar refractivity (Wildman–Crippen MR) is 81.6 cm³/mol. The van der Waals surface area contributed by atoms with Gasteiger partial charge in [0.25, 0.3) is 0 Å². The van der Waals surface area contributed by atoms with Crippen LogP contribution in [0.1, 0.15) is 33.6 Å². The first kappa shape index (κ1) is 16.5. The monoisotopic (exact) mass is 316 g/mol. The van der Waals surface area contributed by atoms with Crippen molar-refractivity contribution in [2.45, 2.75) is 46.1 Å². The second kappa shape index (κ2) is 6.89. The summed E-state index contributed by atoms with van der Waals surface area (Å²) in [5.41, 5.74) is -0.583. The van der Waals surface area contributed by atoms with Gasteiger partial charge in [0.1, 0.15) is 0 Å². The number of carbonyl (C=O) groups excluding carboxylic acids is 1. The van der Waals surface area contributed by atoms with E-state index in [1.54, 1.807) is 20.8 Å². The average molecular weight is 316 g/mol. The average Bonchev–Trinajstić information content (AvgIpc) is 2.93. The van der Waals surface area contributed by atoms with E-state index < -0.39 is 17.9 Å². The highest BCUT2D eigenvalue weighted by Crippen LogP contribution is 2.20. The van der Waals surface area contributed by atoms with E-state index in [-0.39, 0.29) is 5.97 Å². The number of nitrogens with zero attached hydrogens (tertiary/aromatic N) is 1. The third-order valence-electron chi connectivity index (χ3n) is 3.40. The Labute approximate surface area is 131 Å². The topological polar surface area (TPSA) is 60.0 Å². The van der Waals surface area contributed by atoms with Gasteiger partial charge in [0.15, 0.2) is 11.3 Å². The van der Waals surface area contributed by atoms with Crippen LogP contribution in [-0.2, 0) is 19.0 Å². The quantitative estimate of drug-likeness (QED) is 0.607. The molecule has 0 bridgehead atoms. The molecule has 120 valence electrons. The minimum Gasteiger partial charge on any atom is -0.430 e. The molecule has 0 aromatic heterocycles. The van der Waals surface area contributed by atoms with Crippen molar-refractivity contribution in [1.29, 1.82) is 0 Å². The van der Waals surface area contributed by atoms with Crippen LogP contribution < -0.4 is 5.32 Å². The van der Waals surface area contributed by atoms with E-state index >= 15 is 0 Å². The maximum atomic E-state index is 12.0. The van der Waals surface area contributed by atoms with E-state index in [0.29, 0.717) is 18.3 Å². The van der Waals surface area contributed by atoms with Crippen molar-refractivity contribution in [2.75, 3.05) is 26.3 Å². The lowest BCUT2D eigenvalue weighted by molar-refractivity contribution is -0.250. The second-order valence-corrected chi connectivity index (χ2v) is 6.72. The second-order valence-electron chi connectivity index (χ2n) is 6.33. The number of nitrogens with one attached hydrogen (secondary N) is 1. The molecule has 0 spiro atoms. The van der Waals surface area contributed by atoms with Crippen molar-refractivity contribution in [1.82, 2.24) is 10.2 Å². The molecule has 2 fully saturated rings. The highest BCUT2D eigenvalue weighted by molar-refractivity contribution is 7.80.